The molecule has 0 saturated heterocycles. The zero-order chi connectivity index (χ0) is 28.4. The Morgan fingerprint density at radius 3 is 2.21 bits per heavy atom. The normalized spacial score (nSPS) is 11.9. The van der Waals surface area contributed by atoms with Crippen LogP contribution < -0.4 is 14.4 Å². The van der Waals surface area contributed by atoms with Gasteiger partial charge in [0.05, 0.1) is 17.7 Å². The standard InChI is InChI=1S/C30H37N3O5S/c1-5-6-20-31-30(35)24(3)32(21-25-13-11-10-12-23(25)2)29(34)22-33(26-16-18-27(38-4)19-17-26)39(36,37)28-14-8-7-9-15-28/h7-19,24H,5-6,20-22H2,1-4H3,(H,31,35)/t24-/m1/s1. The van der Waals surface area contributed by atoms with E-state index in [1.807, 2.05) is 38.1 Å². The van der Waals surface area contributed by atoms with Gasteiger partial charge in [0, 0.05) is 13.1 Å². The molecule has 3 aromatic rings. The molecule has 8 nitrogen and oxygen atoms in total. The Labute approximate surface area is 231 Å². The van der Waals surface area contributed by atoms with Gasteiger partial charge in [0.15, 0.2) is 0 Å². The van der Waals surface area contributed by atoms with Crippen molar-refractivity contribution in [3.05, 3.63) is 90.0 Å². The van der Waals surface area contributed by atoms with Crippen LogP contribution in [0.4, 0.5) is 5.69 Å². The number of carbonyl (C=O) groups is 2. The number of benzene rings is 3. The number of methoxy groups -OCH3 is 1. The lowest BCUT2D eigenvalue weighted by atomic mass is 10.1. The molecule has 0 unspecified atom stereocenters. The largest absolute Gasteiger partial charge is 0.497 e. The van der Waals surface area contributed by atoms with Gasteiger partial charge >= 0.3 is 0 Å². The maximum atomic E-state index is 13.9. The first-order valence-corrected chi connectivity index (χ1v) is 14.5. The van der Waals surface area contributed by atoms with Crippen molar-refractivity contribution in [1.29, 1.82) is 0 Å². The third kappa shape index (κ3) is 7.60. The van der Waals surface area contributed by atoms with Crippen LogP contribution in [0.1, 0.15) is 37.8 Å². The third-order valence-corrected chi connectivity index (χ3v) is 8.36. The Bertz CT molecular complexity index is 1340. The van der Waals surface area contributed by atoms with Gasteiger partial charge in [-0.25, -0.2) is 8.42 Å². The lowest BCUT2D eigenvalue weighted by molar-refractivity contribution is -0.139. The van der Waals surface area contributed by atoms with E-state index in [2.05, 4.69) is 5.32 Å². The van der Waals surface area contributed by atoms with Gasteiger partial charge < -0.3 is 15.0 Å². The van der Waals surface area contributed by atoms with Crippen molar-refractivity contribution in [2.45, 2.75) is 51.1 Å². The van der Waals surface area contributed by atoms with Crippen molar-refractivity contribution in [2.75, 3.05) is 24.5 Å². The molecule has 39 heavy (non-hydrogen) atoms. The molecular weight excluding hydrogens is 514 g/mol. The van der Waals surface area contributed by atoms with Crippen LogP contribution in [-0.2, 0) is 26.2 Å². The van der Waals surface area contributed by atoms with Crippen LogP contribution in [0.25, 0.3) is 0 Å². The zero-order valence-electron chi connectivity index (χ0n) is 23.0. The van der Waals surface area contributed by atoms with E-state index in [1.54, 1.807) is 49.4 Å². The fourth-order valence-electron chi connectivity index (χ4n) is 4.09. The summed E-state index contributed by atoms with van der Waals surface area (Å²) in [6.07, 6.45) is 1.75. The van der Waals surface area contributed by atoms with E-state index in [0.29, 0.717) is 18.0 Å². The van der Waals surface area contributed by atoms with Gasteiger partial charge in [-0.1, -0.05) is 55.8 Å². The maximum Gasteiger partial charge on any atom is 0.264 e. The molecule has 3 rings (SSSR count). The summed E-state index contributed by atoms with van der Waals surface area (Å²) < 4.78 is 33.9. The summed E-state index contributed by atoms with van der Waals surface area (Å²) in [5.41, 5.74) is 2.16. The molecule has 0 aliphatic heterocycles. The number of carbonyl (C=O) groups excluding carboxylic acids is 2. The number of hydrogen-bond acceptors (Lipinski definition) is 5. The molecule has 3 aromatic carbocycles. The summed E-state index contributed by atoms with van der Waals surface area (Å²) in [6.45, 7) is 5.82. The van der Waals surface area contributed by atoms with E-state index in [4.69, 9.17) is 4.74 Å². The predicted molar refractivity (Wildman–Crippen MR) is 153 cm³/mol. The summed E-state index contributed by atoms with van der Waals surface area (Å²) in [7, 11) is -2.58. The molecule has 0 saturated carbocycles. The molecule has 208 valence electrons. The van der Waals surface area contributed by atoms with Crippen LogP contribution in [-0.4, -0.2) is 51.4 Å². The highest BCUT2D eigenvalue weighted by Crippen LogP contribution is 2.26. The number of sulfonamides is 1. The highest BCUT2D eigenvalue weighted by molar-refractivity contribution is 7.92. The van der Waals surface area contributed by atoms with E-state index < -0.39 is 28.5 Å². The molecule has 0 spiro atoms. The molecule has 2 amide bonds. The van der Waals surface area contributed by atoms with E-state index in [0.717, 1.165) is 28.3 Å². The summed E-state index contributed by atoms with van der Waals surface area (Å²) in [6, 6.07) is 21.3. The average Bonchev–Trinajstić information content (AvgIpc) is 2.95. The van der Waals surface area contributed by atoms with Crippen LogP contribution >= 0.6 is 0 Å². The van der Waals surface area contributed by atoms with Crippen molar-refractivity contribution in [2.24, 2.45) is 0 Å². The molecule has 0 heterocycles. The lowest BCUT2D eigenvalue weighted by Crippen LogP contribution is -2.51. The van der Waals surface area contributed by atoms with E-state index in [1.165, 1.54) is 24.1 Å². The van der Waals surface area contributed by atoms with Gasteiger partial charge in [-0.15, -0.1) is 0 Å². The van der Waals surface area contributed by atoms with Crippen molar-refractivity contribution in [3.63, 3.8) is 0 Å². The number of aryl methyl sites for hydroxylation is 1. The van der Waals surface area contributed by atoms with Gasteiger partial charge in [0.2, 0.25) is 11.8 Å². The molecule has 0 aliphatic rings. The van der Waals surface area contributed by atoms with Crippen molar-refractivity contribution < 1.29 is 22.7 Å². The first kappa shape index (κ1) is 29.7. The number of amides is 2. The van der Waals surface area contributed by atoms with Crippen molar-refractivity contribution in [3.8, 4) is 5.75 Å². The van der Waals surface area contributed by atoms with Gasteiger partial charge in [-0.2, -0.15) is 0 Å². The smallest absolute Gasteiger partial charge is 0.264 e. The number of ether oxygens (including phenoxy) is 1. The summed E-state index contributed by atoms with van der Waals surface area (Å²) in [4.78, 5) is 28.5. The minimum Gasteiger partial charge on any atom is -0.497 e. The Morgan fingerprint density at radius 2 is 1.59 bits per heavy atom. The monoisotopic (exact) mass is 551 g/mol. The number of hydrogen-bond donors (Lipinski definition) is 1. The highest BCUT2D eigenvalue weighted by Gasteiger charge is 2.32. The number of unbranched alkanes of at least 4 members (excludes halogenated alkanes) is 1. The Balaban J connectivity index is 2.00. The van der Waals surface area contributed by atoms with Gasteiger partial charge in [0.1, 0.15) is 18.3 Å². The quantitative estimate of drug-likeness (QED) is 0.315. The van der Waals surface area contributed by atoms with Gasteiger partial charge in [-0.05, 0) is 67.8 Å². The number of nitrogens with zero attached hydrogens (tertiary/aromatic N) is 2. The Morgan fingerprint density at radius 1 is 0.949 bits per heavy atom. The second-order valence-corrected chi connectivity index (χ2v) is 11.2. The average molecular weight is 552 g/mol. The van der Waals surface area contributed by atoms with E-state index in [-0.39, 0.29) is 17.3 Å². The SMILES string of the molecule is CCCCNC(=O)[C@@H](C)N(Cc1ccccc1C)C(=O)CN(c1ccc(OC)cc1)S(=O)(=O)c1ccccc1. The Hall–Kier alpha value is -3.85. The maximum absolute atomic E-state index is 13.9. The summed E-state index contributed by atoms with van der Waals surface area (Å²) in [5.74, 6) is -0.222. The van der Waals surface area contributed by atoms with Crippen LogP contribution in [0.5, 0.6) is 5.75 Å². The topological polar surface area (TPSA) is 96.0 Å². The molecule has 0 aromatic heterocycles. The van der Waals surface area contributed by atoms with E-state index in [9.17, 15) is 18.0 Å². The molecular formula is C30H37N3O5S. The van der Waals surface area contributed by atoms with E-state index >= 15 is 0 Å². The minimum absolute atomic E-state index is 0.0597. The second-order valence-electron chi connectivity index (χ2n) is 9.29. The lowest BCUT2D eigenvalue weighted by Gasteiger charge is -2.32. The number of anilines is 1. The van der Waals surface area contributed by atoms with Crippen LogP contribution in [0.2, 0.25) is 0 Å². The van der Waals surface area contributed by atoms with Gasteiger partial charge in [0.25, 0.3) is 10.0 Å². The second kappa shape index (κ2) is 13.8. The molecule has 0 bridgehead atoms. The molecule has 0 aliphatic carbocycles. The van der Waals surface area contributed by atoms with Crippen molar-refractivity contribution in [1.82, 2.24) is 10.2 Å². The molecule has 1 atom stereocenters. The predicted octanol–water partition coefficient (Wildman–Crippen LogP) is 4.53. The fraction of sp³-hybridized carbons (Fsp3) is 0.333. The van der Waals surface area contributed by atoms with Gasteiger partial charge in [-0.3, -0.25) is 13.9 Å². The molecule has 9 heteroatoms. The number of nitrogens with one attached hydrogen (secondary N) is 1. The molecule has 0 radical (unpaired) electrons. The highest BCUT2D eigenvalue weighted by atomic mass is 32.2. The Kier molecular flexibility index (Phi) is 10.5. The zero-order valence-corrected chi connectivity index (χ0v) is 23.8. The first-order valence-electron chi connectivity index (χ1n) is 13.0. The minimum atomic E-state index is -4.10. The fourth-order valence-corrected chi connectivity index (χ4v) is 5.52. The molecule has 0 fully saturated rings. The van der Waals surface area contributed by atoms with Crippen LogP contribution in [0, 0.1) is 6.92 Å². The van der Waals surface area contributed by atoms with Crippen LogP contribution in [0.3, 0.4) is 0 Å². The first-order chi connectivity index (χ1) is 18.7. The van der Waals surface area contributed by atoms with Crippen molar-refractivity contribution >= 4 is 27.5 Å². The third-order valence-electron chi connectivity index (χ3n) is 6.57. The molecule has 1 N–H and O–H groups in total. The number of rotatable bonds is 13. The summed E-state index contributed by atoms with van der Waals surface area (Å²) in [5, 5.41) is 2.89. The summed E-state index contributed by atoms with van der Waals surface area (Å²) >= 11 is 0. The van der Waals surface area contributed by atoms with Crippen LogP contribution in [0.15, 0.2) is 83.8 Å².